The third-order valence-electron chi connectivity index (χ3n) is 5.91. The summed E-state index contributed by atoms with van der Waals surface area (Å²) < 4.78 is 11.2. The SMILES string of the molecule is COc1cc(NC(=O)C2=C(CC=C(C)C)CCC=C2)c(C/C=C(\C)CCC=C(C)C)c(OC)c1. The molecule has 1 aliphatic carbocycles. The summed E-state index contributed by atoms with van der Waals surface area (Å²) in [5, 5.41) is 3.16. The van der Waals surface area contributed by atoms with Crippen LogP contribution in [-0.2, 0) is 11.2 Å². The van der Waals surface area contributed by atoms with Crippen molar-refractivity contribution >= 4 is 11.6 Å². The summed E-state index contributed by atoms with van der Waals surface area (Å²) in [6, 6.07) is 3.75. The molecule has 0 fully saturated rings. The fraction of sp³-hybridized carbons (Fsp3) is 0.433. The maximum Gasteiger partial charge on any atom is 0.255 e. The number of amides is 1. The number of carbonyl (C=O) groups is 1. The van der Waals surface area contributed by atoms with E-state index < -0.39 is 0 Å². The molecule has 34 heavy (non-hydrogen) atoms. The molecule has 0 saturated heterocycles. The lowest BCUT2D eigenvalue weighted by Gasteiger charge is -2.19. The van der Waals surface area contributed by atoms with Gasteiger partial charge in [0.15, 0.2) is 0 Å². The molecular weight excluding hydrogens is 422 g/mol. The molecule has 0 unspecified atom stereocenters. The maximum atomic E-state index is 13.4. The van der Waals surface area contributed by atoms with Crippen molar-refractivity contribution < 1.29 is 14.3 Å². The fourth-order valence-electron chi connectivity index (χ4n) is 3.89. The number of methoxy groups -OCH3 is 2. The molecular formula is C30H41NO3. The number of ether oxygens (including phenoxy) is 2. The molecule has 1 aromatic carbocycles. The largest absolute Gasteiger partial charge is 0.497 e. The van der Waals surface area contributed by atoms with E-state index in [4.69, 9.17) is 9.47 Å². The zero-order valence-electron chi connectivity index (χ0n) is 22.0. The summed E-state index contributed by atoms with van der Waals surface area (Å²) in [5.41, 5.74) is 7.51. The van der Waals surface area contributed by atoms with Crippen LogP contribution in [0.5, 0.6) is 11.5 Å². The van der Waals surface area contributed by atoms with Gasteiger partial charge in [-0.2, -0.15) is 0 Å². The first-order valence-corrected chi connectivity index (χ1v) is 12.1. The number of anilines is 1. The molecule has 0 spiro atoms. The first-order valence-electron chi connectivity index (χ1n) is 12.1. The number of hydrogen-bond donors (Lipinski definition) is 1. The molecule has 0 aliphatic heterocycles. The molecule has 0 heterocycles. The van der Waals surface area contributed by atoms with Gasteiger partial charge in [0.05, 0.1) is 19.9 Å². The van der Waals surface area contributed by atoms with Gasteiger partial charge in [-0.25, -0.2) is 0 Å². The van der Waals surface area contributed by atoms with Crippen LogP contribution in [0, 0.1) is 0 Å². The maximum absolute atomic E-state index is 13.4. The summed E-state index contributed by atoms with van der Waals surface area (Å²) in [7, 11) is 3.27. The highest BCUT2D eigenvalue weighted by molar-refractivity contribution is 6.07. The van der Waals surface area contributed by atoms with Gasteiger partial charge in [0.1, 0.15) is 11.5 Å². The van der Waals surface area contributed by atoms with Crippen LogP contribution in [0.15, 0.2) is 70.4 Å². The van der Waals surface area contributed by atoms with Crippen LogP contribution in [0.4, 0.5) is 5.69 Å². The van der Waals surface area contributed by atoms with Gasteiger partial charge < -0.3 is 14.8 Å². The van der Waals surface area contributed by atoms with E-state index in [-0.39, 0.29) is 5.91 Å². The zero-order valence-corrected chi connectivity index (χ0v) is 22.0. The molecule has 184 valence electrons. The Morgan fingerprint density at radius 1 is 0.971 bits per heavy atom. The van der Waals surface area contributed by atoms with Crippen molar-refractivity contribution in [3.8, 4) is 11.5 Å². The van der Waals surface area contributed by atoms with Gasteiger partial charge in [-0.3, -0.25) is 4.79 Å². The van der Waals surface area contributed by atoms with Crippen LogP contribution in [-0.4, -0.2) is 20.1 Å². The second-order valence-corrected chi connectivity index (χ2v) is 9.33. The molecule has 4 nitrogen and oxygen atoms in total. The van der Waals surface area contributed by atoms with Crippen LogP contribution in [0.3, 0.4) is 0 Å². The van der Waals surface area contributed by atoms with Crippen LogP contribution in [0.2, 0.25) is 0 Å². The number of hydrogen-bond acceptors (Lipinski definition) is 3. The van der Waals surface area contributed by atoms with Crippen molar-refractivity contribution in [3.63, 3.8) is 0 Å². The first kappa shape index (κ1) is 27.2. The summed E-state index contributed by atoms with van der Waals surface area (Å²) in [6.07, 6.45) is 16.1. The van der Waals surface area contributed by atoms with Gasteiger partial charge in [-0.1, -0.05) is 52.7 Å². The van der Waals surface area contributed by atoms with Gasteiger partial charge in [0.2, 0.25) is 0 Å². The molecule has 0 radical (unpaired) electrons. The normalized spacial score (nSPS) is 13.4. The van der Waals surface area contributed by atoms with E-state index in [0.29, 0.717) is 17.9 Å². The Morgan fingerprint density at radius 3 is 2.35 bits per heavy atom. The van der Waals surface area contributed by atoms with Gasteiger partial charge in [-0.15, -0.1) is 0 Å². The molecule has 0 bridgehead atoms. The van der Waals surface area contributed by atoms with Crippen molar-refractivity contribution in [2.24, 2.45) is 0 Å². The molecule has 1 amide bonds. The first-order chi connectivity index (χ1) is 16.2. The Bertz CT molecular complexity index is 1010. The fourth-order valence-corrected chi connectivity index (χ4v) is 3.89. The molecule has 1 aromatic rings. The highest BCUT2D eigenvalue weighted by atomic mass is 16.5. The van der Waals surface area contributed by atoms with Gasteiger partial charge in [0, 0.05) is 23.3 Å². The van der Waals surface area contributed by atoms with Gasteiger partial charge >= 0.3 is 0 Å². The average Bonchev–Trinajstić information content (AvgIpc) is 2.81. The van der Waals surface area contributed by atoms with E-state index in [9.17, 15) is 4.79 Å². The number of rotatable bonds is 11. The minimum Gasteiger partial charge on any atom is -0.497 e. The number of benzene rings is 1. The summed E-state index contributed by atoms with van der Waals surface area (Å²) in [5.74, 6) is 1.27. The molecule has 0 saturated carbocycles. The van der Waals surface area contributed by atoms with Crippen molar-refractivity contribution in [1.29, 1.82) is 0 Å². The predicted octanol–water partition coefficient (Wildman–Crippen LogP) is 7.88. The lowest BCUT2D eigenvalue weighted by molar-refractivity contribution is -0.112. The summed E-state index contributed by atoms with van der Waals surface area (Å²) in [6.45, 7) is 10.6. The van der Waals surface area contributed by atoms with E-state index in [1.807, 2.05) is 18.2 Å². The molecule has 0 aromatic heterocycles. The lowest BCUT2D eigenvalue weighted by atomic mass is 9.93. The van der Waals surface area contributed by atoms with Crippen molar-refractivity contribution in [1.82, 2.24) is 0 Å². The number of allylic oxidation sites excluding steroid dienone is 8. The predicted molar refractivity (Wildman–Crippen MR) is 144 cm³/mol. The van der Waals surface area contributed by atoms with Crippen LogP contribution >= 0.6 is 0 Å². The molecule has 0 atom stereocenters. The quantitative estimate of drug-likeness (QED) is 0.340. The zero-order chi connectivity index (χ0) is 25.1. The standard InChI is InChI=1S/C30H41NO3/c1-21(2)11-10-12-23(5)16-18-27-28(19-25(33-6)20-29(27)34-7)31-30(32)26-14-9-8-13-24(26)17-15-22(3)4/h9,11,14-16,19-20H,8,10,12-13,17-18H2,1-7H3,(H,31,32)/b23-16+. The van der Waals surface area contributed by atoms with Crippen molar-refractivity contribution in [2.45, 2.75) is 73.1 Å². The van der Waals surface area contributed by atoms with Gasteiger partial charge in [0.25, 0.3) is 5.91 Å². The Labute approximate surface area is 206 Å². The third kappa shape index (κ3) is 8.40. The lowest BCUT2D eigenvalue weighted by Crippen LogP contribution is -2.18. The highest BCUT2D eigenvalue weighted by Gasteiger charge is 2.19. The Hall–Kier alpha value is -3.01. The topological polar surface area (TPSA) is 47.6 Å². The van der Waals surface area contributed by atoms with E-state index in [2.05, 4.69) is 64.2 Å². The molecule has 1 N–H and O–H groups in total. The van der Waals surface area contributed by atoms with Crippen LogP contribution in [0.1, 0.15) is 72.3 Å². The minimum atomic E-state index is -0.0890. The molecule has 1 aliphatic rings. The van der Waals surface area contributed by atoms with Crippen molar-refractivity contribution in [3.05, 3.63) is 75.9 Å². The smallest absolute Gasteiger partial charge is 0.255 e. The van der Waals surface area contributed by atoms with Gasteiger partial charge in [-0.05, 0) is 73.1 Å². The van der Waals surface area contributed by atoms with E-state index in [1.54, 1.807) is 14.2 Å². The second-order valence-electron chi connectivity index (χ2n) is 9.33. The Balaban J connectivity index is 2.35. The van der Waals surface area contributed by atoms with Crippen LogP contribution < -0.4 is 14.8 Å². The summed E-state index contributed by atoms with van der Waals surface area (Å²) in [4.78, 5) is 13.4. The Morgan fingerprint density at radius 2 is 1.71 bits per heavy atom. The molecule has 4 heteroatoms. The molecule has 2 rings (SSSR count). The average molecular weight is 464 g/mol. The number of carbonyl (C=O) groups excluding carboxylic acids is 1. The van der Waals surface area contributed by atoms with E-state index >= 15 is 0 Å². The van der Waals surface area contributed by atoms with E-state index in [0.717, 1.165) is 48.9 Å². The minimum absolute atomic E-state index is 0.0890. The van der Waals surface area contributed by atoms with E-state index in [1.165, 1.54) is 22.3 Å². The highest BCUT2D eigenvalue weighted by Crippen LogP contribution is 2.34. The number of nitrogens with one attached hydrogen (secondary N) is 1. The monoisotopic (exact) mass is 463 g/mol. The third-order valence-corrected chi connectivity index (χ3v) is 5.91. The Kier molecular flexibility index (Phi) is 10.9. The van der Waals surface area contributed by atoms with Crippen LogP contribution in [0.25, 0.3) is 0 Å². The second kappa shape index (κ2) is 13.6. The summed E-state index contributed by atoms with van der Waals surface area (Å²) >= 11 is 0. The van der Waals surface area contributed by atoms with Crippen molar-refractivity contribution in [2.75, 3.05) is 19.5 Å².